The lowest BCUT2D eigenvalue weighted by molar-refractivity contribution is 0.210. The first-order chi connectivity index (χ1) is 8.08. The predicted molar refractivity (Wildman–Crippen MR) is 64.7 cm³/mol. The van der Waals surface area contributed by atoms with Crippen molar-refractivity contribution < 1.29 is 9.50 Å². The Morgan fingerprint density at radius 3 is 2.41 bits per heavy atom. The Morgan fingerprint density at radius 2 is 1.82 bits per heavy atom. The van der Waals surface area contributed by atoms with E-state index in [1.54, 1.807) is 12.1 Å². The molecule has 0 saturated heterocycles. The normalized spacial score (nSPS) is 12.5. The second-order valence-electron chi connectivity index (χ2n) is 3.47. The fourth-order valence-corrected chi connectivity index (χ4v) is 1.70. The second-order valence-corrected chi connectivity index (χ2v) is 4.34. The van der Waals surface area contributed by atoms with E-state index in [2.05, 4.69) is 4.98 Å². The molecule has 1 unspecified atom stereocenters. The summed E-state index contributed by atoms with van der Waals surface area (Å²) in [5.74, 6) is -0.568. The first kappa shape index (κ1) is 12.3. The van der Waals surface area contributed by atoms with Crippen LogP contribution in [0.4, 0.5) is 4.39 Å². The van der Waals surface area contributed by atoms with Crippen molar-refractivity contribution in [3.8, 4) is 0 Å². The molecular formula is C12H8Cl2FNO. The molecule has 1 atom stereocenters. The maximum atomic E-state index is 13.6. The Balaban J connectivity index is 2.36. The maximum absolute atomic E-state index is 13.6. The van der Waals surface area contributed by atoms with Gasteiger partial charge in [0.15, 0.2) is 0 Å². The van der Waals surface area contributed by atoms with Crippen molar-refractivity contribution in [2.75, 3.05) is 0 Å². The van der Waals surface area contributed by atoms with E-state index in [-0.39, 0.29) is 10.6 Å². The molecule has 2 aromatic rings. The van der Waals surface area contributed by atoms with Crippen molar-refractivity contribution >= 4 is 23.2 Å². The summed E-state index contributed by atoms with van der Waals surface area (Å²) in [6.45, 7) is 0. The number of nitrogens with zero attached hydrogens (tertiary/aromatic N) is 1. The molecule has 0 aliphatic rings. The Kier molecular flexibility index (Phi) is 3.62. The number of aliphatic hydroxyl groups excluding tert-OH is 1. The minimum atomic E-state index is -1.13. The van der Waals surface area contributed by atoms with Crippen LogP contribution in [0.2, 0.25) is 10.0 Å². The smallest absolute Gasteiger partial charge is 0.130 e. The largest absolute Gasteiger partial charge is 0.382 e. The molecule has 1 heterocycles. The third-order valence-corrected chi connectivity index (χ3v) is 2.75. The molecule has 17 heavy (non-hydrogen) atoms. The highest BCUT2D eigenvalue weighted by atomic mass is 35.5. The monoisotopic (exact) mass is 271 g/mol. The van der Waals surface area contributed by atoms with Gasteiger partial charge >= 0.3 is 0 Å². The molecule has 0 radical (unpaired) electrons. The summed E-state index contributed by atoms with van der Waals surface area (Å²) < 4.78 is 13.6. The molecular weight excluding hydrogens is 264 g/mol. The molecule has 2 nitrogen and oxygen atoms in total. The lowest BCUT2D eigenvalue weighted by atomic mass is 10.1. The zero-order valence-corrected chi connectivity index (χ0v) is 10.1. The van der Waals surface area contributed by atoms with E-state index in [0.717, 1.165) is 6.07 Å². The summed E-state index contributed by atoms with van der Waals surface area (Å²) in [6, 6.07) is 7.22. The number of pyridine rings is 1. The second kappa shape index (κ2) is 5.00. The summed E-state index contributed by atoms with van der Waals surface area (Å²) in [5, 5.41) is 10.7. The topological polar surface area (TPSA) is 33.1 Å². The minimum Gasteiger partial charge on any atom is -0.382 e. The number of aliphatic hydroxyl groups is 1. The first-order valence-corrected chi connectivity index (χ1v) is 5.58. The average Bonchev–Trinajstić information content (AvgIpc) is 2.29. The van der Waals surface area contributed by atoms with E-state index in [1.807, 2.05) is 0 Å². The molecule has 0 fully saturated rings. The van der Waals surface area contributed by atoms with Crippen LogP contribution in [-0.4, -0.2) is 10.1 Å². The van der Waals surface area contributed by atoms with Gasteiger partial charge in [0, 0.05) is 16.8 Å². The average molecular weight is 272 g/mol. The fraction of sp³-hybridized carbons (Fsp3) is 0.0833. The van der Waals surface area contributed by atoms with Gasteiger partial charge in [0.05, 0.1) is 10.7 Å². The Labute approximate surface area is 108 Å². The van der Waals surface area contributed by atoms with Gasteiger partial charge in [-0.2, -0.15) is 0 Å². The van der Waals surface area contributed by atoms with Crippen molar-refractivity contribution in [1.82, 2.24) is 4.98 Å². The molecule has 0 aliphatic carbocycles. The van der Waals surface area contributed by atoms with Crippen molar-refractivity contribution in [2.24, 2.45) is 0 Å². The van der Waals surface area contributed by atoms with Crippen molar-refractivity contribution in [2.45, 2.75) is 6.10 Å². The molecule has 1 N–H and O–H groups in total. The summed E-state index contributed by atoms with van der Waals surface area (Å²) in [6.07, 6.45) is 0.262. The lowest BCUT2D eigenvalue weighted by Crippen LogP contribution is -2.04. The van der Waals surface area contributed by atoms with Crippen LogP contribution in [0.1, 0.15) is 17.4 Å². The van der Waals surface area contributed by atoms with Gasteiger partial charge in [-0.05, 0) is 24.3 Å². The van der Waals surface area contributed by atoms with Crippen molar-refractivity contribution in [3.63, 3.8) is 0 Å². The van der Waals surface area contributed by atoms with E-state index in [1.165, 1.54) is 18.3 Å². The predicted octanol–water partition coefficient (Wildman–Crippen LogP) is 3.61. The highest BCUT2D eigenvalue weighted by Crippen LogP contribution is 2.25. The Morgan fingerprint density at radius 1 is 1.12 bits per heavy atom. The van der Waals surface area contributed by atoms with Crippen LogP contribution in [0.25, 0.3) is 0 Å². The van der Waals surface area contributed by atoms with Gasteiger partial charge < -0.3 is 5.11 Å². The van der Waals surface area contributed by atoms with Gasteiger partial charge in [-0.1, -0.05) is 29.3 Å². The maximum Gasteiger partial charge on any atom is 0.130 e. The molecule has 0 spiro atoms. The fourth-order valence-electron chi connectivity index (χ4n) is 1.43. The first-order valence-electron chi connectivity index (χ1n) is 4.82. The lowest BCUT2D eigenvalue weighted by Gasteiger charge is -2.11. The molecule has 88 valence electrons. The van der Waals surface area contributed by atoms with E-state index in [0.29, 0.717) is 10.7 Å². The third kappa shape index (κ3) is 2.75. The third-order valence-electron chi connectivity index (χ3n) is 2.29. The minimum absolute atomic E-state index is 0.129. The van der Waals surface area contributed by atoms with Crippen LogP contribution in [0.3, 0.4) is 0 Å². The molecule has 0 bridgehead atoms. The van der Waals surface area contributed by atoms with Crippen molar-refractivity contribution in [3.05, 3.63) is 63.6 Å². The molecule has 0 saturated carbocycles. The zero-order chi connectivity index (χ0) is 12.4. The SMILES string of the molecule is OC(c1ccc(Cl)cn1)c1ccc(Cl)cc1F. The van der Waals surface area contributed by atoms with E-state index in [9.17, 15) is 9.50 Å². The standard InChI is InChI=1S/C12H8Cl2FNO/c13-7-1-3-9(10(15)5-7)12(17)11-4-2-8(14)6-16-11/h1-6,12,17H. The number of aromatic nitrogens is 1. The van der Waals surface area contributed by atoms with Gasteiger partial charge in [0.2, 0.25) is 0 Å². The van der Waals surface area contributed by atoms with E-state index >= 15 is 0 Å². The molecule has 1 aromatic carbocycles. The van der Waals surface area contributed by atoms with Gasteiger partial charge in [-0.3, -0.25) is 4.98 Å². The molecule has 0 amide bonds. The number of halogens is 3. The summed E-state index contributed by atoms with van der Waals surface area (Å²) in [7, 11) is 0. The molecule has 2 rings (SSSR count). The van der Waals surface area contributed by atoms with Crippen molar-refractivity contribution in [1.29, 1.82) is 0 Å². The summed E-state index contributed by atoms with van der Waals surface area (Å²) in [4.78, 5) is 3.94. The van der Waals surface area contributed by atoms with Crippen LogP contribution >= 0.6 is 23.2 Å². The highest BCUT2D eigenvalue weighted by molar-refractivity contribution is 6.30. The van der Waals surface area contributed by atoms with Crippen LogP contribution in [0.15, 0.2) is 36.5 Å². The Bertz CT molecular complexity index is 531. The number of rotatable bonds is 2. The van der Waals surface area contributed by atoms with Crippen LogP contribution in [0.5, 0.6) is 0 Å². The molecule has 1 aromatic heterocycles. The van der Waals surface area contributed by atoms with Crippen LogP contribution < -0.4 is 0 Å². The quantitative estimate of drug-likeness (QED) is 0.905. The van der Waals surface area contributed by atoms with Gasteiger partial charge in [-0.25, -0.2) is 4.39 Å². The van der Waals surface area contributed by atoms with Gasteiger partial charge in [-0.15, -0.1) is 0 Å². The zero-order valence-electron chi connectivity index (χ0n) is 8.57. The summed E-state index contributed by atoms with van der Waals surface area (Å²) in [5.41, 5.74) is 0.458. The number of benzene rings is 1. The van der Waals surface area contributed by atoms with Crippen LogP contribution in [-0.2, 0) is 0 Å². The van der Waals surface area contributed by atoms with Crippen LogP contribution in [0, 0.1) is 5.82 Å². The Hall–Kier alpha value is -1.16. The van der Waals surface area contributed by atoms with E-state index < -0.39 is 11.9 Å². The number of hydrogen-bond acceptors (Lipinski definition) is 2. The number of hydrogen-bond donors (Lipinski definition) is 1. The van der Waals surface area contributed by atoms with E-state index in [4.69, 9.17) is 23.2 Å². The summed E-state index contributed by atoms with van der Waals surface area (Å²) >= 11 is 11.3. The van der Waals surface area contributed by atoms with Gasteiger partial charge in [0.25, 0.3) is 0 Å². The highest BCUT2D eigenvalue weighted by Gasteiger charge is 2.16. The molecule has 5 heteroatoms. The van der Waals surface area contributed by atoms with Gasteiger partial charge in [0.1, 0.15) is 11.9 Å². The molecule has 0 aliphatic heterocycles.